The van der Waals surface area contributed by atoms with Crippen molar-refractivity contribution >= 4 is 46.9 Å². The van der Waals surface area contributed by atoms with Crippen LogP contribution in [0.2, 0.25) is 0 Å². The van der Waals surface area contributed by atoms with Crippen molar-refractivity contribution in [2.75, 3.05) is 0 Å². The zero-order chi connectivity index (χ0) is 11.1. The molecule has 0 fully saturated rings. The fraction of sp³-hybridized carbons (Fsp3) is 0. The Morgan fingerprint density at radius 1 is 1.00 bits per heavy atom. The Morgan fingerprint density at radius 2 is 1.27 bits per heavy atom. The summed E-state index contributed by atoms with van der Waals surface area (Å²) >= 11 is 3.00. The van der Waals surface area contributed by atoms with Gasteiger partial charge in [-0.3, -0.25) is 0 Å². The number of halogens is 2. The summed E-state index contributed by atoms with van der Waals surface area (Å²) in [6.45, 7) is 0. The van der Waals surface area contributed by atoms with Gasteiger partial charge in [-0.2, -0.15) is 0 Å². The zero-order valence-corrected chi connectivity index (χ0v) is 9.72. The predicted octanol–water partition coefficient (Wildman–Crippen LogP) is 2.57. The van der Waals surface area contributed by atoms with E-state index >= 15 is 0 Å². The Hall–Kier alpha value is -0.910. The average molecular weight is 271 g/mol. The van der Waals surface area contributed by atoms with Gasteiger partial charge in [-0.15, -0.1) is 12.4 Å². The van der Waals surface area contributed by atoms with Crippen LogP contribution in [-0.2, 0) is 0 Å². The van der Waals surface area contributed by atoms with Crippen molar-refractivity contribution in [1.29, 1.82) is 0 Å². The van der Waals surface area contributed by atoms with Crippen LogP contribution in [0.15, 0.2) is 24.3 Å². The molecule has 0 unspecified atom stereocenters. The van der Waals surface area contributed by atoms with Gasteiger partial charge in [0.25, 0.3) is 0 Å². The molecular formula is C8H8Cl2O4S. The first-order valence-corrected chi connectivity index (χ1v) is 4.70. The SMILES string of the molecule is Cl.O=C(O)c1ccccc1C(=O)O.SCl. The molecule has 0 aliphatic rings. The van der Waals surface area contributed by atoms with E-state index in [1.807, 2.05) is 0 Å². The van der Waals surface area contributed by atoms with Gasteiger partial charge in [0.2, 0.25) is 0 Å². The van der Waals surface area contributed by atoms with Gasteiger partial charge in [-0.05, 0) is 22.8 Å². The minimum absolute atomic E-state index is 0. The summed E-state index contributed by atoms with van der Waals surface area (Å²) < 4.78 is 0. The Labute approximate surface area is 102 Å². The quantitative estimate of drug-likeness (QED) is 0.723. The van der Waals surface area contributed by atoms with Crippen LogP contribution in [0.3, 0.4) is 0 Å². The molecule has 0 spiro atoms. The minimum Gasteiger partial charge on any atom is -0.478 e. The first kappa shape index (κ1) is 16.5. The molecule has 0 amide bonds. The molecule has 84 valence electrons. The topological polar surface area (TPSA) is 74.6 Å². The van der Waals surface area contributed by atoms with Crippen molar-refractivity contribution in [3.05, 3.63) is 35.4 Å². The van der Waals surface area contributed by atoms with E-state index in [1.54, 1.807) is 0 Å². The molecule has 0 aliphatic heterocycles. The van der Waals surface area contributed by atoms with Crippen LogP contribution in [-0.4, -0.2) is 22.2 Å². The third-order valence-corrected chi connectivity index (χ3v) is 1.39. The van der Waals surface area contributed by atoms with Gasteiger partial charge in [-0.25, -0.2) is 9.59 Å². The van der Waals surface area contributed by atoms with E-state index in [2.05, 4.69) is 22.5 Å². The summed E-state index contributed by atoms with van der Waals surface area (Å²) in [5.74, 6) is -2.46. The lowest BCUT2D eigenvalue weighted by atomic mass is 10.1. The number of carboxylic acid groups (broad SMARTS) is 2. The Morgan fingerprint density at radius 3 is 1.47 bits per heavy atom. The van der Waals surface area contributed by atoms with Crippen LogP contribution >= 0.6 is 34.9 Å². The van der Waals surface area contributed by atoms with Gasteiger partial charge in [-0.1, -0.05) is 24.0 Å². The van der Waals surface area contributed by atoms with Gasteiger partial charge in [0.15, 0.2) is 0 Å². The number of thiol groups is 1. The summed E-state index contributed by atoms with van der Waals surface area (Å²) in [6, 6.07) is 5.48. The lowest BCUT2D eigenvalue weighted by Gasteiger charge is -1.98. The molecule has 0 aliphatic carbocycles. The van der Waals surface area contributed by atoms with Crippen LogP contribution in [0, 0.1) is 0 Å². The van der Waals surface area contributed by atoms with Crippen LogP contribution in [0.4, 0.5) is 0 Å². The number of aromatic carboxylic acids is 2. The summed E-state index contributed by atoms with van der Waals surface area (Å²) in [4.78, 5) is 20.9. The van der Waals surface area contributed by atoms with Gasteiger partial charge < -0.3 is 10.2 Å². The molecule has 0 atom stereocenters. The fourth-order valence-corrected chi connectivity index (χ4v) is 0.856. The molecule has 7 heteroatoms. The lowest BCUT2D eigenvalue weighted by molar-refractivity contribution is 0.0651. The van der Waals surface area contributed by atoms with Crippen molar-refractivity contribution in [3.8, 4) is 0 Å². The Bertz CT molecular complexity index is 310. The molecule has 0 aromatic heterocycles. The third kappa shape index (κ3) is 4.92. The molecule has 1 aromatic rings. The molecule has 15 heavy (non-hydrogen) atoms. The molecule has 0 heterocycles. The van der Waals surface area contributed by atoms with Crippen molar-refractivity contribution in [3.63, 3.8) is 0 Å². The van der Waals surface area contributed by atoms with E-state index in [0.717, 1.165) is 0 Å². The van der Waals surface area contributed by atoms with E-state index < -0.39 is 11.9 Å². The van der Waals surface area contributed by atoms with Gasteiger partial charge in [0.05, 0.1) is 11.1 Å². The summed E-state index contributed by atoms with van der Waals surface area (Å²) in [5, 5.41) is 17.1. The molecule has 0 saturated carbocycles. The average Bonchev–Trinajstić information content (AvgIpc) is 2.20. The van der Waals surface area contributed by atoms with Crippen LogP contribution in [0.25, 0.3) is 0 Å². The summed E-state index contributed by atoms with van der Waals surface area (Å²) in [6.07, 6.45) is 0. The van der Waals surface area contributed by atoms with Crippen molar-refractivity contribution in [2.24, 2.45) is 0 Å². The predicted molar refractivity (Wildman–Crippen MR) is 62.4 cm³/mol. The number of hydrogen-bond acceptors (Lipinski definition) is 3. The second kappa shape index (κ2) is 8.40. The Kier molecular flexibility index (Phi) is 9.25. The van der Waals surface area contributed by atoms with Crippen molar-refractivity contribution < 1.29 is 19.8 Å². The maximum Gasteiger partial charge on any atom is 0.336 e. The number of carboxylic acids is 2. The van der Waals surface area contributed by atoms with E-state index in [4.69, 9.17) is 10.2 Å². The van der Waals surface area contributed by atoms with Gasteiger partial charge in [0, 0.05) is 0 Å². The minimum atomic E-state index is -1.23. The highest BCUT2D eigenvalue weighted by Crippen LogP contribution is 2.07. The van der Waals surface area contributed by atoms with E-state index in [1.165, 1.54) is 24.3 Å². The summed E-state index contributed by atoms with van der Waals surface area (Å²) in [5.41, 5.74) is -0.380. The molecule has 0 radical (unpaired) electrons. The standard InChI is InChI=1S/C8H6O4.ClHS.ClH/c9-7(10)5-3-1-2-4-6(5)8(11)12;1-2;/h1-4H,(H,9,10)(H,11,12);2H;1H. The summed E-state index contributed by atoms with van der Waals surface area (Å²) in [7, 11) is 4.33. The molecular weight excluding hydrogens is 263 g/mol. The van der Waals surface area contributed by atoms with E-state index in [-0.39, 0.29) is 23.5 Å². The monoisotopic (exact) mass is 270 g/mol. The normalized spacial score (nSPS) is 7.87. The second-order valence-corrected chi connectivity index (χ2v) is 2.16. The van der Waals surface area contributed by atoms with Gasteiger partial charge in [0.1, 0.15) is 0 Å². The lowest BCUT2D eigenvalue weighted by Crippen LogP contribution is -2.06. The van der Waals surface area contributed by atoms with Crippen molar-refractivity contribution in [2.45, 2.75) is 0 Å². The van der Waals surface area contributed by atoms with Crippen LogP contribution in [0.1, 0.15) is 20.7 Å². The first-order chi connectivity index (χ1) is 6.63. The van der Waals surface area contributed by atoms with E-state index in [9.17, 15) is 9.59 Å². The number of hydrogen-bond donors (Lipinski definition) is 3. The molecule has 1 rings (SSSR count). The molecule has 4 nitrogen and oxygen atoms in total. The number of benzene rings is 1. The highest BCUT2D eigenvalue weighted by atomic mass is 35.7. The first-order valence-electron chi connectivity index (χ1n) is 3.35. The molecule has 1 aromatic carbocycles. The maximum absolute atomic E-state index is 10.5. The highest BCUT2D eigenvalue weighted by molar-refractivity contribution is 8.05. The fourth-order valence-electron chi connectivity index (χ4n) is 0.856. The number of carbonyl (C=O) groups is 2. The number of rotatable bonds is 2. The Balaban J connectivity index is 0. The van der Waals surface area contributed by atoms with Crippen LogP contribution in [0.5, 0.6) is 0 Å². The highest BCUT2D eigenvalue weighted by Gasteiger charge is 2.13. The molecule has 2 N–H and O–H groups in total. The van der Waals surface area contributed by atoms with Crippen LogP contribution < -0.4 is 0 Å². The van der Waals surface area contributed by atoms with Gasteiger partial charge >= 0.3 is 11.9 Å². The smallest absolute Gasteiger partial charge is 0.336 e. The molecule has 0 saturated heterocycles. The van der Waals surface area contributed by atoms with E-state index in [0.29, 0.717) is 0 Å². The maximum atomic E-state index is 10.5. The zero-order valence-electron chi connectivity index (χ0n) is 7.25. The largest absolute Gasteiger partial charge is 0.478 e. The van der Waals surface area contributed by atoms with Crippen molar-refractivity contribution in [1.82, 2.24) is 0 Å². The third-order valence-electron chi connectivity index (χ3n) is 1.39. The molecule has 0 bridgehead atoms. The second-order valence-electron chi connectivity index (χ2n) is 2.16.